The number of nitrogens with one attached hydrogen (secondary N) is 1. The molecule has 1 atom stereocenters. The second-order valence-electron chi connectivity index (χ2n) is 8.76. The molecule has 8 nitrogen and oxygen atoms in total. The van der Waals surface area contributed by atoms with Crippen molar-refractivity contribution in [2.45, 2.75) is 39.9 Å². The molecule has 0 radical (unpaired) electrons. The van der Waals surface area contributed by atoms with Gasteiger partial charge in [0, 0.05) is 0 Å². The highest BCUT2D eigenvalue weighted by atomic mass is 35.5. The molecule has 4 aromatic rings. The van der Waals surface area contributed by atoms with E-state index >= 15 is 0 Å². The lowest BCUT2D eigenvalue weighted by atomic mass is 10.2. The standard InChI is InChI=1S/C27H27Cl2N5O3/c1-17(30-26(35)22-18(2)31-33(24(22)28)14-20-10-6-4-7-11-20)16-37-27(36)23-19(3)32-34(25(23)29)15-21-12-8-5-9-13-21/h4-13,17H,14-16H2,1-3H3,(H,30,35). The van der Waals surface area contributed by atoms with Crippen LogP contribution in [-0.2, 0) is 17.8 Å². The Labute approximate surface area is 225 Å². The molecule has 2 aromatic carbocycles. The van der Waals surface area contributed by atoms with E-state index in [4.69, 9.17) is 27.9 Å². The third kappa shape index (κ3) is 6.21. The first kappa shape index (κ1) is 26.4. The molecule has 0 saturated carbocycles. The maximum absolute atomic E-state index is 12.9. The third-order valence-electron chi connectivity index (χ3n) is 5.75. The first-order valence-electron chi connectivity index (χ1n) is 11.8. The molecule has 0 aliphatic rings. The largest absolute Gasteiger partial charge is 0.460 e. The second-order valence-corrected chi connectivity index (χ2v) is 9.48. The molecule has 10 heteroatoms. The minimum Gasteiger partial charge on any atom is -0.460 e. The number of ether oxygens (including phenoxy) is 1. The third-order valence-corrected chi connectivity index (χ3v) is 6.52. The minimum atomic E-state index is -0.604. The van der Waals surface area contributed by atoms with Crippen LogP contribution in [0.3, 0.4) is 0 Å². The number of carbonyl (C=O) groups is 2. The van der Waals surface area contributed by atoms with Crippen LogP contribution in [-0.4, -0.2) is 44.1 Å². The van der Waals surface area contributed by atoms with Gasteiger partial charge in [0.05, 0.1) is 36.1 Å². The fourth-order valence-electron chi connectivity index (χ4n) is 3.93. The smallest absolute Gasteiger partial charge is 0.343 e. The fourth-order valence-corrected chi connectivity index (χ4v) is 4.56. The maximum Gasteiger partial charge on any atom is 0.343 e. The molecule has 0 aliphatic carbocycles. The van der Waals surface area contributed by atoms with Crippen molar-refractivity contribution in [3.05, 3.63) is 105 Å². The Morgan fingerprint density at radius 3 is 1.81 bits per heavy atom. The Hall–Kier alpha value is -3.62. The van der Waals surface area contributed by atoms with Crippen LogP contribution >= 0.6 is 23.2 Å². The lowest BCUT2D eigenvalue weighted by molar-refractivity contribution is 0.0464. The number of esters is 1. The van der Waals surface area contributed by atoms with E-state index in [2.05, 4.69) is 15.5 Å². The van der Waals surface area contributed by atoms with Gasteiger partial charge in [-0.3, -0.25) is 4.79 Å². The van der Waals surface area contributed by atoms with Crippen molar-refractivity contribution >= 4 is 35.1 Å². The SMILES string of the molecule is Cc1nn(Cc2ccccc2)c(Cl)c1C(=O)NC(C)COC(=O)c1c(C)nn(Cc2ccccc2)c1Cl. The summed E-state index contributed by atoms with van der Waals surface area (Å²) in [5, 5.41) is 12.1. The number of halogens is 2. The van der Waals surface area contributed by atoms with Crippen LogP contribution in [0.25, 0.3) is 0 Å². The van der Waals surface area contributed by atoms with Gasteiger partial charge in [-0.2, -0.15) is 10.2 Å². The van der Waals surface area contributed by atoms with Gasteiger partial charge in [-0.25, -0.2) is 14.2 Å². The maximum atomic E-state index is 12.9. The summed E-state index contributed by atoms with van der Waals surface area (Å²) in [5.41, 5.74) is 3.49. The van der Waals surface area contributed by atoms with Crippen molar-refractivity contribution in [1.82, 2.24) is 24.9 Å². The zero-order valence-corrected chi connectivity index (χ0v) is 22.3. The predicted molar refractivity (Wildman–Crippen MR) is 142 cm³/mol. The van der Waals surface area contributed by atoms with Gasteiger partial charge in [0.1, 0.15) is 22.5 Å². The summed E-state index contributed by atoms with van der Waals surface area (Å²) in [4.78, 5) is 25.7. The number of benzene rings is 2. The number of aryl methyl sites for hydroxylation is 2. The van der Waals surface area contributed by atoms with Crippen molar-refractivity contribution in [2.75, 3.05) is 6.61 Å². The van der Waals surface area contributed by atoms with Crippen LogP contribution in [0.5, 0.6) is 0 Å². The van der Waals surface area contributed by atoms with Gasteiger partial charge >= 0.3 is 5.97 Å². The molecule has 0 aliphatic heterocycles. The van der Waals surface area contributed by atoms with Gasteiger partial charge in [-0.05, 0) is 31.9 Å². The van der Waals surface area contributed by atoms with Gasteiger partial charge < -0.3 is 10.1 Å². The lowest BCUT2D eigenvalue weighted by Crippen LogP contribution is -2.36. The first-order chi connectivity index (χ1) is 17.7. The van der Waals surface area contributed by atoms with E-state index in [9.17, 15) is 9.59 Å². The number of nitrogens with zero attached hydrogens (tertiary/aromatic N) is 4. The van der Waals surface area contributed by atoms with Crippen molar-refractivity contribution in [1.29, 1.82) is 0 Å². The molecule has 192 valence electrons. The number of rotatable bonds is 9. The quantitative estimate of drug-likeness (QED) is 0.299. The molecule has 0 bridgehead atoms. The van der Waals surface area contributed by atoms with Crippen LogP contribution in [0, 0.1) is 13.8 Å². The topological polar surface area (TPSA) is 91.0 Å². The Balaban J connectivity index is 1.36. The highest BCUT2D eigenvalue weighted by molar-refractivity contribution is 6.33. The Morgan fingerprint density at radius 2 is 1.30 bits per heavy atom. The molecule has 4 rings (SSSR count). The summed E-state index contributed by atoms with van der Waals surface area (Å²) in [6, 6.07) is 18.9. The Kier molecular flexibility index (Phi) is 8.31. The molecule has 0 fully saturated rings. The van der Waals surface area contributed by atoms with Crippen LogP contribution in [0.4, 0.5) is 0 Å². The highest BCUT2D eigenvalue weighted by Crippen LogP contribution is 2.23. The zero-order chi connectivity index (χ0) is 26.5. The molecule has 1 unspecified atom stereocenters. The molecule has 0 saturated heterocycles. The monoisotopic (exact) mass is 539 g/mol. The molecular formula is C27H27Cl2N5O3. The number of aromatic nitrogens is 4. The Morgan fingerprint density at radius 1 is 0.838 bits per heavy atom. The normalized spacial score (nSPS) is 11.8. The molecule has 37 heavy (non-hydrogen) atoms. The number of carbonyl (C=O) groups excluding carboxylic acids is 2. The van der Waals surface area contributed by atoms with Gasteiger partial charge in [0.25, 0.3) is 5.91 Å². The van der Waals surface area contributed by atoms with E-state index in [1.807, 2.05) is 60.7 Å². The molecule has 1 N–H and O–H groups in total. The predicted octanol–water partition coefficient (Wildman–Crippen LogP) is 5.08. The summed E-state index contributed by atoms with van der Waals surface area (Å²) in [6.45, 7) is 5.98. The van der Waals surface area contributed by atoms with Gasteiger partial charge in [-0.1, -0.05) is 83.9 Å². The van der Waals surface area contributed by atoms with Crippen LogP contribution in [0.15, 0.2) is 60.7 Å². The number of hydrogen-bond donors (Lipinski definition) is 1. The average Bonchev–Trinajstić information content (AvgIpc) is 3.31. The first-order valence-corrected chi connectivity index (χ1v) is 12.5. The Bertz CT molecular complexity index is 1400. The average molecular weight is 540 g/mol. The van der Waals surface area contributed by atoms with Crippen molar-refractivity contribution < 1.29 is 14.3 Å². The van der Waals surface area contributed by atoms with Gasteiger partial charge in [0.2, 0.25) is 0 Å². The van der Waals surface area contributed by atoms with Gasteiger partial charge in [0.15, 0.2) is 0 Å². The van der Waals surface area contributed by atoms with E-state index in [1.165, 1.54) is 0 Å². The number of hydrogen-bond acceptors (Lipinski definition) is 5. The van der Waals surface area contributed by atoms with E-state index in [1.54, 1.807) is 30.1 Å². The van der Waals surface area contributed by atoms with Crippen molar-refractivity contribution in [3.8, 4) is 0 Å². The zero-order valence-electron chi connectivity index (χ0n) is 20.7. The molecule has 2 heterocycles. The van der Waals surface area contributed by atoms with Crippen LogP contribution in [0.2, 0.25) is 10.3 Å². The van der Waals surface area contributed by atoms with Crippen molar-refractivity contribution in [3.63, 3.8) is 0 Å². The van der Waals surface area contributed by atoms with E-state index in [0.717, 1.165) is 11.1 Å². The highest BCUT2D eigenvalue weighted by Gasteiger charge is 2.24. The van der Waals surface area contributed by atoms with Crippen LogP contribution < -0.4 is 5.32 Å². The van der Waals surface area contributed by atoms with E-state index in [-0.39, 0.29) is 28.0 Å². The summed E-state index contributed by atoms with van der Waals surface area (Å²) >= 11 is 12.9. The second kappa shape index (κ2) is 11.6. The summed E-state index contributed by atoms with van der Waals surface area (Å²) in [5.74, 6) is -0.997. The number of amides is 1. The summed E-state index contributed by atoms with van der Waals surface area (Å²) in [6.07, 6.45) is 0. The van der Waals surface area contributed by atoms with Gasteiger partial charge in [-0.15, -0.1) is 0 Å². The molecule has 2 aromatic heterocycles. The lowest BCUT2D eigenvalue weighted by Gasteiger charge is -2.14. The van der Waals surface area contributed by atoms with E-state index < -0.39 is 17.9 Å². The van der Waals surface area contributed by atoms with Crippen molar-refractivity contribution in [2.24, 2.45) is 0 Å². The molecule has 0 spiro atoms. The molecule has 1 amide bonds. The molecular weight excluding hydrogens is 513 g/mol. The summed E-state index contributed by atoms with van der Waals surface area (Å²) in [7, 11) is 0. The van der Waals surface area contributed by atoms with Crippen LogP contribution in [0.1, 0.15) is 50.2 Å². The summed E-state index contributed by atoms with van der Waals surface area (Å²) < 4.78 is 8.60. The minimum absolute atomic E-state index is 0.0565. The fraction of sp³-hybridized carbons (Fsp3) is 0.259. The van der Waals surface area contributed by atoms with E-state index in [0.29, 0.717) is 24.5 Å².